The van der Waals surface area contributed by atoms with Crippen LogP contribution in [0.25, 0.3) is 0 Å². The van der Waals surface area contributed by atoms with E-state index in [9.17, 15) is 29.4 Å². The van der Waals surface area contributed by atoms with Crippen molar-refractivity contribution in [3.63, 3.8) is 0 Å². The van der Waals surface area contributed by atoms with E-state index in [1.165, 1.54) is 11.8 Å². The molecule has 10 heteroatoms. The number of aliphatic hydroxyl groups is 1. The van der Waals surface area contributed by atoms with Gasteiger partial charge in [0.1, 0.15) is 12.1 Å². The first-order chi connectivity index (χ1) is 16.4. The second kappa shape index (κ2) is 11.7. The smallest absolute Gasteiger partial charge is 0.405 e. The number of hydrogen-bond acceptors (Lipinski definition) is 5. The summed E-state index contributed by atoms with van der Waals surface area (Å²) in [5, 5.41) is 27.4. The predicted molar refractivity (Wildman–Crippen MR) is 129 cm³/mol. The molecule has 4 amide bonds. The summed E-state index contributed by atoms with van der Waals surface area (Å²) in [4.78, 5) is 50.6. The van der Waals surface area contributed by atoms with Crippen molar-refractivity contribution in [1.82, 2.24) is 20.9 Å². The SMILES string of the molecule is C#Cc1ccc(C(C)NC(=O)[C@@H]2C[C@@H](O)CN2C(=O)C(NC(=O)O)C(C)(C)CCNC(C)=O)cc1. The number of aliphatic hydroxyl groups excluding tert-OH is 1. The number of rotatable bonds is 9. The summed E-state index contributed by atoms with van der Waals surface area (Å²) < 4.78 is 0. The molecule has 0 spiro atoms. The standard InChI is InChI=1S/C25H34N4O6/c1-6-17-7-9-18(10-8-17)15(2)27-22(32)20-13-19(31)14-29(20)23(33)21(28-24(34)35)25(4,5)11-12-26-16(3)30/h1,7-10,15,19-21,28,31H,11-14H2,2-5H3,(H,26,30)(H,27,32)(H,34,35)/t15?,19-,20+,21?/m1/s1. The van der Waals surface area contributed by atoms with Crippen LogP contribution in [0.1, 0.15) is 57.7 Å². The van der Waals surface area contributed by atoms with Gasteiger partial charge in [-0.2, -0.15) is 0 Å². The number of carboxylic acid groups (broad SMARTS) is 1. The summed E-state index contributed by atoms with van der Waals surface area (Å²) in [5.41, 5.74) is 0.637. The normalized spacial score (nSPS) is 19.3. The molecule has 2 unspecified atom stereocenters. The van der Waals surface area contributed by atoms with Crippen LogP contribution in [0.5, 0.6) is 0 Å². The number of terminal acetylenes is 1. The van der Waals surface area contributed by atoms with Crippen LogP contribution in [0, 0.1) is 17.8 Å². The number of carbonyl (C=O) groups is 4. The van der Waals surface area contributed by atoms with Crippen LogP contribution in [0.15, 0.2) is 24.3 Å². The summed E-state index contributed by atoms with van der Waals surface area (Å²) in [5.74, 6) is 1.23. The lowest BCUT2D eigenvalue weighted by Gasteiger charge is -2.37. The molecular formula is C25H34N4O6. The molecule has 2 rings (SSSR count). The van der Waals surface area contributed by atoms with E-state index in [1.54, 1.807) is 45.0 Å². The van der Waals surface area contributed by atoms with Gasteiger partial charge < -0.3 is 31.1 Å². The van der Waals surface area contributed by atoms with Gasteiger partial charge in [0, 0.05) is 32.0 Å². The number of β-amino-alcohol motifs (C(OH)–C–C–N with tert-alkyl or cyclic N) is 1. The largest absolute Gasteiger partial charge is 0.465 e. The van der Waals surface area contributed by atoms with Gasteiger partial charge in [-0.3, -0.25) is 14.4 Å². The Morgan fingerprint density at radius 1 is 1.20 bits per heavy atom. The summed E-state index contributed by atoms with van der Waals surface area (Å²) in [6, 6.07) is 4.59. The third-order valence-electron chi connectivity index (χ3n) is 6.24. The Bertz CT molecular complexity index is 985. The van der Waals surface area contributed by atoms with E-state index in [-0.39, 0.29) is 31.5 Å². The molecule has 0 saturated carbocycles. The van der Waals surface area contributed by atoms with E-state index in [0.717, 1.165) is 5.56 Å². The highest BCUT2D eigenvalue weighted by Crippen LogP contribution is 2.29. The Kier molecular flexibility index (Phi) is 9.25. The Balaban J connectivity index is 2.20. The van der Waals surface area contributed by atoms with Gasteiger partial charge in [0.15, 0.2) is 0 Å². The zero-order valence-corrected chi connectivity index (χ0v) is 20.5. The molecule has 1 fully saturated rings. The molecule has 0 aliphatic carbocycles. The molecule has 1 heterocycles. The highest BCUT2D eigenvalue weighted by Gasteiger charge is 2.45. The maximum atomic E-state index is 13.5. The highest BCUT2D eigenvalue weighted by atomic mass is 16.4. The number of amides is 4. The van der Waals surface area contributed by atoms with E-state index in [1.807, 2.05) is 0 Å². The fourth-order valence-corrected chi connectivity index (χ4v) is 4.15. The molecular weight excluding hydrogens is 452 g/mol. The Morgan fingerprint density at radius 2 is 1.83 bits per heavy atom. The van der Waals surface area contributed by atoms with Crippen LogP contribution < -0.4 is 16.0 Å². The summed E-state index contributed by atoms with van der Waals surface area (Å²) in [6.07, 6.45) is 3.41. The van der Waals surface area contributed by atoms with E-state index in [0.29, 0.717) is 12.0 Å². The average Bonchev–Trinajstić information content (AvgIpc) is 3.18. The predicted octanol–water partition coefficient (Wildman–Crippen LogP) is 0.996. The topological polar surface area (TPSA) is 148 Å². The Hall–Kier alpha value is -3.58. The van der Waals surface area contributed by atoms with E-state index in [2.05, 4.69) is 21.9 Å². The van der Waals surface area contributed by atoms with Crippen LogP contribution >= 0.6 is 0 Å². The Labute approximate surface area is 205 Å². The second-order valence-corrected chi connectivity index (χ2v) is 9.50. The van der Waals surface area contributed by atoms with Crippen LogP contribution in [0.4, 0.5) is 4.79 Å². The van der Waals surface area contributed by atoms with Crippen LogP contribution in [0.2, 0.25) is 0 Å². The zero-order valence-electron chi connectivity index (χ0n) is 20.5. The minimum absolute atomic E-state index is 0.0342. The van der Waals surface area contributed by atoms with Crippen LogP contribution in [0.3, 0.4) is 0 Å². The van der Waals surface area contributed by atoms with Crippen molar-refractivity contribution in [2.24, 2.45) is 5.41 Å². The molecule has 1 aliphatic rings. The highest BCUT2D eigenvalue weighted by molar-refractivity contribution is 5.92. The number of carbonyl (C=O) groups excluding carboxylic acids is 3. The molecule has 0 aromatic heterocycles. The molecule has 4 atom stereocenters. The van der Waals surface area contributed by atoms with E-state index < -0.39 is 41.5 Å². The lowest BCUT2D eigenvalue weighted by Crippen LogP contribution is -2.58. The molecule has 190 valence electrons. The van der Waals surface area contributed by atoms with E-state index in [4.69, 9.17) is 6.42 Å². The molecule has 1 aliphatic heterocycles. The first-order valence-corrected chi connectivity index (χ1v) is 11.4. The van der Waals surface area contributed by atoms with Crippen molar-refractivity contribution in [3.8, 4) is 12.3 Å². The molecule has 1 aromatic carbocycles. The molecule has 5 N–H and O–H groups in total. The second-order valence-electron chi connectivity index (χ2n) is 9.50. The fourth-order valence-electron chi connectivity index (χ4n) is 4.15. The van der Waals surface area contributed by atoms with Crippen molar-refractivity contribution in [1.29, 1.82) is 0 Å². The van der Waals surface area contributed by atoms with Gasteiger partial charge in [-0.15, -0.1) is 6.42 Å². The van der Waals surface area contributed by atoms with Gasteiger partial charge in [0.25, 0.3) is 0 Å². The van der Waals surface area contributed by atoms with Crippen molar-refractivity contribution >= 4 is 23.8 Å². The van der Waals surface area contributed by atoms with Crippen LogP contribution in [-0.4, -0.2) is 70.2 Å². The Morgan fingerprint density at radius 3 is 2.37 bits per heavy atom. The quantitative estimate of drug-likeness (QED) is 0.329. The number of hydrogen-bond donors (Lipinski definition) is 5. The van der Waals surface area contributed by atoms with E-state index >= 15 is 0 Å². The third kappa shape index (κ3) is 7.45. The maximum absolute atomic E-state index is 13.5. The molecule has 10 nitrogen and oxygen atoms in total. The minimum atomic E-state index is -1.39. The number of nitrogens with zero attached hydrogens (tertiary/aromatic N) is 1. The molecule has 0 radical (unpaired) electrons. The number of likely N-dealkylation sites (tertiary alicyclic amines) is 1. The minimum Gasteiger partial charge on any atom is -0.465 e. The van der Waals surface area contributed by atoms with Crippen molar-refractivity contribution in [3.05, 3.63) is 35.4 Å². The van der Waals surface area contributed by atoms with Gasteiger partial charge in [0.2, 0.25) is 17.7 Å². The average molecular weight is 487 g/mol. The monoisotopic (exact) mass is 486 g/mol. The number of benzene rings is 1. The van der Waals surface area contributed by atoms with Gasteiger partial charge in [-0.25, -0.2) is 4.79 Å². The van der Waals surface area contributed by atoms with Gasteiger partial charge >= 0.3 is 6.09 Å². The number of nitrogens with one attached hydrogen (secondary N) is 3. The summed E-state index contributed by atoms with van der Waals surface area (Å²) >= 11 is 0. The van der Waals surface area contributed by atoms with Crippen LogP contribution in [-0.2, 0) is 14.4 Å². The van der Waals surface area contributed by atoms with Crippen molar-refractivity contribution < 1.29 is 29.4 Å². The first kappa shape index (κ1) is 27.7. The van der Waals surface area contributed by atoms with Gasteiger partial charge in [0.05, 0.1) is 12.1 Å². The zero-order chi connectivity index (χ0) is 26.3. The molecule has 35 heavy (non-hydrogen) atoms. The van der Waals surface area contributed by atoms with Gasteiger partial charge in [-0.05, 0) is 36.5 Å². The molecule has 1 aromatic rings. The maximum Gasteiger partial charge on any atom is 0.405 e. The van der Waals surface area contributed by atoms with Gasteiger partial charge in [-0.1, -0.05) is 31.9 Å². The summed E-state index contributed by atoms with van der Waals surface area (Å²) in [6.45, 7) is 6.72. The summed E-state index contributed by atoms with van der Waals surface area (Å²) in [7, 11) is 0. The van der Waals surface area contributed by atoms with Crippen molar-refractivity contribution in [2.45, 2.75) is 64.8 Å². The third-order valence-corrected chi connectivity index (χ3v) is 6.24. The molecule has 0 bridgehead atoms. The fraction of sp³-hybridized carbons (Fsp3) is 0.520. The lowest BCUT2D eigenvalue weighted by molar-refractivity contribution is -0.142. The van der Waals surface area contributed by atoms with Crippen molar-refractivity contribution in [2.75, 3.05) is 13.1 Å². The molecule has 1 saturated heterocycles. The first-order valence-electron chi connectivity index (χ1n) is 11.4. The lowest BCUT2D eigenvalue weighted by atomic mass is 9.80.